The van der Waals surface area contributed by atoms with Crippen LogP contribution in [0.3, 0.4) is 0 Å². The monoisotopic (exact) mass is 223 g/mol. The van der Waals surface area contributed by atoms with E-state index in [1.165, 1.54) is 25.7 Å². The summed E-state index contributed by atoms with van der Waals surface area (Å²) in [7, 11) is 2.09. The molecular weight excluding hydrogens is 194 g/mol. The summed E-state index contributed by atoms with van der Waals surface area (Å²) in [6, 6.07) is 0.651. The molecule has 16 heavy (non-hydrogen) atoms. The number of rotatable bonds is 4. The first-order valence-electron chi connectivity index (χ1n) is 6.77. The summed E-state index contributed by atoms with van der Waals surface area (Å²) in [6.45, 7) is 11.0. The van der Waals surface area contributed by atoms with Gasteiger partial charge in [-0.15, -0.1) is 6.58 Å². The summed E-state index contributed by atoms with van der Waals surface area (Å²) in [5, 5.41) is 3.46. The highest BCUT2D eigenvalue weighted by Crippen LogP contribution is 2.40. The lowest BCUT2D eigenvalue weighted by Crippen LogP contribution is -2.37. The Morgan fingerprint density at radius 1 is 1.25 bits per heavy atom. The van der Waals surface area contributed by atoms with E-state index in [0.29, 0.717) is 11.5 Å². The standard InChI is InChI=1S/C15H29N/c1-6-7-14(16-5)12-8-10-13(11-9-12)15(2,3)4/h6,12-14,16H,1,7-11H2,2-5H3. The zero-order valence-electron chi connectivity index (χ0n) is 11.6. The van der Waals surface area contributed by atoms with Gasteiger partial charge in [-0.25, -0.2) is 0 Å². The van der Waals surface area contributed by atoms with Crippen molar-refractivity contribution in [2.24, 2.45) is 17.3 Å². The minimum absolute atomic E-state index is 0.499. The molecule has 0 amide bonds. The van der Waals surface area contributed by atoms with Crippen LogP contribution in [-0.2, 0) is 0 Å². The van der Waals surface area contributed by atoms with Crippen molar-refractivity contribution in [3.05, 3.63) is 12.7 Å². The molecule has 0 aromatic carbocycles. The van der Waals surface area contributed by atoms with E-state index in [1.807, 2.05) is 0 Å². The predicted octanol–water partition coefficient (Wildman–Crippen LogP) is 4.00. The molecule has 0 heterocycles. The molecule has 0 aromatic heterocycles. The van der Waals surface area contributed by atoms with Crippen LogP contribution in [0, 0.1) is 17.3 Å². The minimum atomic E-state index is 0.499. The highest BCUT2D eigenvalue weighted by molar-refractivity contribution is 4.88. The fourth-order valence-electron chi connectivity index (χ4n) is 3.11. The van der Waals surface area contributed by atoms with Gasteiger partial charge in [0.05, 0.1) is 0 Å². The van der Waals surface area contributed by atoms with Gasteiger partial charge in [-0.2, -0.15) is 0 Å². The molecule has 0 aliphatic heterocycles. The minimum Gasteiger partial charge on any atom is -0.316 e. The molecule has 1 fully saturated rings. The molecule has 1 saturated carbocycles. The number of hydrogen-bond acceptors (Lipinski definition) is 1. The molecule has 1 atom stereocenters. The summed E-state index contributed by atoms with van der Waals surface area (Å²) in [6.07, 6.45) is 8.76. The Bertz CT molecular complexity index is 206. The summed E-state index contributed by atoms with van der Waals surface area (Å²) in [5.74, 6) is 1.78. The zero-order valence-corrected chi connectivity index (χ0v) is 11.6. The summed E-state index contributed by atoms with van der Waals surface area (Å²) in [5.41, 5.74) is 0.499. The maximum Gasteiger partial charge on any atom is 0.0127 e. The normalized spacial score (nSPS) is 28.8. The van der Waals surface area contributed by atoms with Crippen molar-refractivity contribution in [3.63, 3.8) is 0 Å². The van der Waals surface area contributed by atoms with Gasteiger partial charge in [-0.1, -0.05) is 26.8 Å². The van der Waals surface area contributed by atoms with E-state index in [4.69, 9.17) is 0 Å². The maximum absolute atomic E-state index is 3.86. The van der Waals surface area contributed by atoms with Crippen LogP contribution in [0.15, 0.2) is 12.7 Å². The van der Waals surface area contributed by atoms with E-state index < -0.39 is 0 Å². The van der Waals surface area contributed by atoms with Gasteiger partial charge in [0.25, 0.3) is 0 Å². The van der Waals surface area contributed by atoms with Crippen molar-refractivity contribution in [3.8, 4) is 0 Å². The maximum atomic E-state index is 3.86. The first kappa shape index (κ1) is 13.8. The third kappa shape index (κ3) is 3.62. The molecule has 1 aliphatic carbocycles. The molecule has 0 saturated heterocycles. The van der Waals surface area contributed by atoms with Crippen molar-refractivity contribution in [2.75, 3.05) is 7.05 Å². The van der Waals surface area contributed by atoms with Gasteiger partial charge in [0.15, 0.2) is 0 Å². The average Bonchev–Trinajstić information content (AvgIpc) is 2.25. The smallest absolute Gasteiger partial charge is 0.0127 e. The molecule has 0 radical (unpaired) electrons. The van der Waals surface area contributed by atoms with Crippen LogP contribution in [0.5, 0.6) is 0 Å². The van der Waals surface area contributed by atoms with Crippen LogP contribution in [0.1, 0.15) is 52.9 Å². The molecular formula is C15H29N. The van der Waals surface area contributed by atoms with Crippen molar-refractivity contribution < 1.29 is 0 Å². The van der Waals surface area contributed by atoms with Crippen LogP contribution < -0.4 is 5.32 Å². The Balaban J connectivity index is 2.44. The van der Waals surface area contributed by atoms with Crippen LogP contribution >= 0.6 is 0 Å². The van der Waals surface area contributed by atoms with Crippen molar-refractivity contribution in [2.45, 2.75) is 58.9 Å². The van der Waals surface area contributed by atoms with E-state index in [2.05, 4.69) is 45.8 Å². The molecule has 1 heteroatoms. The van der Waals surface area contributed by atoms with Crippen LogP contribution in [0.25, 0.3) is 0 Å². The largest absolute Gasteiger partial charge is 0.316 e. The van der Waals surface area contributed by atoms with Crippen molar-refractivity contribution >= 4 is 0 Å². The Morgan fingerprint density at radius 2 is 1.81 bits per heavy atom. The highest BCUT2D eigenvalue weighted by atomic mass is 14.9. The van der Waals surface area contributed by atoms with Crippen molar-refractivity contribution in [1.82, 2.24) is 5.32 Å². The molecule has 0 spiro atoms. The molecule has 1 nitrogen and oxygen atoms in total. The Labute approximate surface area is 102 Å². The molecule has 1 N–H and O–H groups in total. The summed E-state index contributed by atoms with van der Waals surface area (Å²) < 4.78 is 0. The third-order valence-electron chi connectivity index (χ3n) is 4.36. The molecule has 94 valence electrons. The van der Waals surface area contributed by atoms with E-state index in [-0.39, 0.29) is 0 Å². The van der Waals surface area contributed by atoms with Gasteiger partial charge in [-0.3, -0.25) is 0 Å². The van der Waals surface area contributed by atoms with Crippen LogP contribution in [0.2, 0.25) is 0 Å². The highest BCUT2D eigenvalue weighted by Gasteiger charge is 2.31. The second-order valence-corrected chi connectivity index (χ2v) is 6.40. The van der Waals surface area contributed by atoms with E-state index in [1.54, 1.807) is 0 Å². The third-order valence-corrected chi connectivity index (χ3v) is 4.36. The van der Waals surface area contributed by atoms with Gasteiger partial charge in [0, 0.05) is 6.04 Å². The lowest BCUT2D eigenvalue weighted by Gasteiger charge is -2.39. The summed E-state index contributed by atoms with van der Waals surface area (Å²) in [4.78, 5) is 0. The second kappa shape index (κ2) is 5.86. The van der Waals surface area contributed by atoms with E-state index >= 15 is 0 Å². The predicted molar refractivity (Wildman–Crippen MR) is 72.6 cm³/mol. The number of hydrogen-bond donors (Lipinski definition) is 1. The van der Waals surface area contributed by atoms with E-state index in [0.717, 1.165) is 18.3 Å². The molecule has 1 rings (SSSR count). The lowest BCUT2D eigenvalue weighted by atomic mass is 9.68. The molecule has 0 aromatic rings. The molecule has 1 aliphatic rings. The number of nitrogens with one attached hydrogen (secondary N) is 1. The van der Waals surface area contributed by atoms with Crippen molar-refractivity contribution in [1.29, 1.82) is 0 Å². The first-order valence-corrected chi connectivity index (χ1v) is 6.77. The Morgan fingerprint density at radius 3 is 2.19 bits per heavy atom. The second-order valence-electron chi connectivity index (χ2n) is 6.40. The average molecular weight is 223 g/mol. The van der Waals surface area contributed by atoms with Gasteiger partial charge in [0.1, 0.15) is 0 Å². The van der Waals surface area contributed by atoms with Gasteiger partial charge < -0.3 is 5.32 Å². The zero-order chi connectivity index (χ0) is 12.2. The Hall–Kier alpha value is -0.300. The molecule has 0 bridgehead atoms. The SMILES string of the molecule is C=CCC(NC)C1CCC(C(C)(C)C)CC1. The van der Waals surface area contributed by atoms with Gasteiger partial charge in [0.2, 0.25) is 0 Å². The quantitative estimate of drug-likeness (QED) is 0.710. The van der Waals surface area contributed by atoms with E-state index in [9.17, 15) is 0 Å². The topological polar surface area (TPSA) is 12.0 Å². The lowest BCUT2D eigenvalue weighted by molar-refractivity contribution is 0.134. The fraction of sp³-hybridized carbons (Fsp3) is 0.867. The molecule has 1 unspecified atom stereocenters. The van der Waals surface area contributed by atoms with Gasteiger partial charge in [-0.05, 0) is 56.4 Å². The van der Waals surface area contributed by atoms with Gasteiger partial charge >= 0.3 is 0 Å². The van der Waals surface area contributed by atoms with Crippen LogP contribution in [-0.4, -0.2) is 13.1 Å². The fourth-order valence-corrected chi connectivity index (χ4v) is 3.11. The first-order chi connectivity index (χ1) is 7.49. The summed E-state index contributed by atoms with van der Waals surface area (Å²) >= 11 is 0. The van der Waals surface area contributed by atoms with Crippen LogP contribution in [0.4, 0.5) is 0 Å². The Kier molecular flexibility index (Phi) is 5.04.